The maximum atomic E-state index is 12.6. The molecule has 0 aromatic carbocycles. The Labute approximate surface area is 241 Å². The maximum Gasteiger partial charge on any atom is 0.511 e. The first-order valence-corrected chi connectivity index (χ1v) is 12.9. The quantitative estimate of drug-likeness (QED) is 0.208. The number of nitrogens with one attached hydrogen (secondary N) is 1. The van der Waals surface area contributed by atoms with Crippen molar-refractivity contribution < 1.29 is 48.0 Å². The van der Waals surface area contributed by atoms with Gasteiger partial charge in [-0.3, -0.25) is 14.4 Å². The summed E-state index contributed by atoms with van der Waals surface area (Å²) in [5.74, 6) is -2.05. The summed E-state index contributed by atoms with van der Waals surface area (Å²) < 4.78 is 27.0. The van der Waals surface area contributed by atoms with Crippen molar-refractivity contribution in [2.24, 2.45) is 17.1 Å². The van der Waals surface area contributed by atoms with Crippen LogP contribution in [0.1, 0.15) is 47.2 Å². The molecule has 1 aliphatic rings. The zero-order valence-corrected chi connectivity index (χ0v) is 24.0. The van der Waals surface area contributed by atoms with Crippen LogP contribution in [0.2, 0.25) is 0 Å². The van der Waals surface area contributed by atoms with Crippen molar-refractivity contribution in [2.45, 2.75) is 71.5 Å². The highest BCUT2D eigenvalue weighted by atomic mass is 16.8. The van der Waals surface area contributed by atoms with E-state index in [4.69, 9.17) is 24.7 Å². The van der Waals surface area contributed by atoms with E-state index in [0.717, 1.165) is 13.3 Å². The number of anilines is 1. The van der Waals surface area contributed by atoms with Crippen LogP contribution in [0.4, 0.5) is 10.6 Å². The van der Waals surface area contributed by atoms with Crippen molar-refractivity contribution in [1.29, 1.82) is 5.26 Å². The van der Waals surface area contributed by atoms with Crippen LogP contribution in [0, 0.1) is 22.7 Å². The lowest BCUT2D eigenvalue weighted by Crippen LogP contribution is -2.45. The van der Waals surface area contributed by atoms with Crippen LogP contribution in [0.15, 0.2) is 18.5 Å². The average Bonchev–Trinajstić information content (AvgIpc) is 3.46. The van der Waals surface area contributed by atoms with E-state index < -0.39 is 66.9 Å². The van der Waals surface area contributed by atoms with Crippen molar-refractivity contribution in [3.8, 4) is 6.07 Å². The molecule has 1 saturated heterocycles. The molecule has 3 rings (SSSR count). The number of carbonyl (C=O) groups is 4. The Morgan fingerprint density at radius 2 is 1.93 bits per heavy atom. The van der Waals surface area contributed by atoms with Crippen molar-refractivity contribution in [1.82, 2.24) is 14.6 Å². The smallest absolute Gasteiger partial charge is 0.462 e. The Kier molecular flexibility index (Phi) is 9.71. The lowest BCUT2D eigenvalue weighted by molar-refractivity contribution is -0.155. The Morgan fingerprint density at radius 1 is 1.24 bits per heavy atom. The zero-order chi connectivity index (χ0) is 31.4. The molecule has 4 N–H and O–H groups in total. The molecule has 0 saturated carbocycles. The molecule has 0 radical (unpaired) electrons. The summed E-state index contributed by atoms with van der Waals surface area (Å²) in [5.41, 5.74) is 3.38. The number of ether oxygens (including phenoxy) is 5. The number of aliphatic hydroxyl groups is 1. The van der Waals surface area contributed by atoms with Gasteiger partial charge in [-0.2, -0.15) is 10.4 Å². The minimum Gasteiger partial charge on any atom is -0.462 e. The first-order chi connectivity index (χ1) is 19.6. The van der Waals surface area contributed by atoms with Gasteiger partial charge in [0.15, 0.2) is 11.9 Å². The molecule has 16 heteroatoms. The molecule has 5 atom stereocenters. The fourth-order valence-electron chi connectivity index (χ4n) is 3.93. The van der Waals surface area contributed by atoms with E-state index in [0.29, 0.717) is 0 Å². The number of fused-ring (bicyclic) bond motifs is 1. The molecular formula is C26H34N6O10. The Bertz CT molecular complexity index is 1380. The highest BCUT2D eigenvalue weighted by Gasteiger charge is 2.60. The van der Waals surface area contributed by atoms with Crippen LogP contribution < -0.4 is 11.1 Å². The second-order valence-electron chi connectivity index (χ2n) is 10.9. The third-order valence-electron chi connectivity index (χ3n) is 6.44. The number of hydrogen-bond acceptors (Lipinski definition) is 14. The van der Waals surface area contributed by atoms with Crippen molar-refractivity contribution in [3.05, 3.63) is 24.2 Å². The summed E-state index contributed by atoms with van der Waals surface area (Å²) in [7, 11) is 0. The molecule has 1 amide bonds. The van der Waals surface area contributed by atoms with Gasteiger partial charge in [-0.15, -0.1) is 0 Å². The topological polar surface area (TPSA) is 227 Å². The van der Waals surface area contributed by atoms with Crippen molar-refractivity contribution >= 4 is 35.3 Å². The maximum absolute atomic E-state index is 12.6. The van der Waals surface area contributed by atoms with Gasteiger partial charge in [0.25, 0.3) is 0 Å². The lowest BCUT2D eigenvalue weighted by Gasteiger charge is -2.26. The number of carbonyl (C=O) groups excluding carboxylic acids is 4. The normalized spacial score (nSPS) is 22.7. The number of nitrogens with zero attached hydrogens (tertiary/aromatic N) is 4. The van der Waals surface area contributed by atoms with E-state index >= 15 is 0 Å². The third kappa shape index (κ3) is 6.75. The number of hydrogen-bond donors (Lipinski definition) is 3. The lowest BCUT2D eigenvalue weighted by atomic mass is 9.87. The fraction of sp³-hybridized carbons (Fsp3) is 0.577. The van der Waals surface area contributed by atoms with Crippen LogP contribution >= 0.6 is 0 Å². The van der Waals surface area contributed by atoms with E-state index in [1.165, 1.54) is 16.6 Å². The summed E-state index contributed by atoms with van der Waals surface area (Å²) in [6.45, 7) is 8.36. The molecule has 0 bridgehead atoms. The largest absolute Gasteiger partial charge is 0.511 e. The molecular weight excluding hydrogens is 556 g/mol. The van der Waals surface area contributed by atoms with Gasteiger partial charge in [-0.1, -0.05) is 34.6 Å². The van der Waals surface area contributed by atoms with Crippen LogP contribution in [-0.2, 0) is 43.7 Å². The van der Waals surface area contributed by atoms with E-state index in [2.05, 4.69) is 20.1 Å². The number of aliphatic hydroxyl groups excluding tert-OH is 1. The van der Waals surface area contributed by atoms with Gasteiger partial charge >= 0.3 is 18.1 Å². The minimum atomic E-state index is -2.22. The van der Waals surface area contributed by atoms with Gasteiger partial charge in [0.2, 0.25) is 18.3 Å². The Balaban J connectivity index is 1.97. The van der Waals surface area contributed by atoms with E-state index in [1.807, 2.05) is 6.07 Å². The van der Waals surface area contributed by atoms with E-state index in [1.54, 1.807) is 34.6 Å². The monoisotopic (exact) mass is 590 g/mol. The molecule has 1 fully saturated rings. The van der Waals surface area contributed by atoms with Gasteiger partial charge in [0.05, 0.1) is 5.69 Å². The van der Waals surface area contributed by atoms with Crippen LogP contribution in [0.5, 0.6) is 0 Å². The molecule has 1 aliphatic heterocycles. The first-order valence-electron chi connectivity index (χ1n) is 12.9. The van der Waals surface area contributed by atoms with Gasteiger partial charge in [0.1, 0.15) is 42.8 Å². The minimum absolute atomic E-state index is 0.00274. The van der Waals surface area contributed by atoms with Gasteiger partial charge in [0, 0.05) is 12.8 Å². The summed E-state index contributed by atoms with van der Waals surface area (Å²) in [5, 5.41) is 28.5. The van der Waals surface area contributed by atoms with Crippen LogP contribution in [-0.4, -0.2) is 81.5 Å². The van der Waals surface area contributed by atoms with Gasteiger partial charge in [-0.05, 0) is 17.5 Å². The molecule has 0 spiro atoms. The molecule has 0 unspecified atom stereocenters. The average molecular weight is 591 g/mol. The molecule has 228 valence electrons. The molecule has 16 nitrogen and oxygen atoms in total. The second kappa shape index (κ2) is 12.7. The first kappa shape index (κ1) is 32.2. The molecule has 0 aliphatic carbocycles. The van der Waals surface area contributed by atoms with Crippen molar-refractivity contribution in [2.75, 3.05) is 18.7 Å². The highest BCUT2D eigenvalue weighted by Crippen LogP contribution is 2.42. The zero-order valence-electron chi connectivity index (χ0n) is 24.0. The predicted octanol–water partition coefficient (Wildman–Crippen LogP) is 0.761. The van der Waals surface area contributed by atoms with Gasteiger partial charge < -0.3 is 39.8 Å². The summed E-state index contributed by atoms with van der Waals surface area (Å²) in [6.07, 6.45) is -5.09. The second-order valence-corrected chi connectivity index (χ2v) is 10.9. The molecule has 2 aromatic heterocycles. The van der Waals surface area contributed by atoms with Gasteiger partial charge in [-0.25, -0.2) is 14.3 Å². The Morgan fingerprint density at radius 3 is 2.52 bits per heavy atom. The number of rotatable bonds is 9. The molecule has 3 heterocycles. The number of amides is 1. The number of nitriles is 1. The summed E-state index contributed by atoms with van der Waals surface area (Å²) in [6, 6.07) is 3.81. The number of esters is 2. The van der Waals surface area contributed by atoms with E-state index in [9.17, 15) is 29.5 Å². The Hall–Kier alpha value is -4.33. The summed E-state index contributed by atoms with van der Waals surface area (Å²) in [4.78, 5) is 52.3. The fourth-order valence-corrected chi connectivity index (χ4v) is 3.93. The van der Waals surface area contributed by atoms with Crippen molar-refractivity contribution in [3.63, 3.8) is 0 Å². The highest BCUT2D eigenvalue weighted by molar-refractivity contribution is 5.94. The number of nitrogens with two attached hydrogens (primary N) is 1. The van der Waals surface area contributed by atoms with Crippen LogP contribution in [0.25, 0.3) is 5.52 Å². The number of aromatic nitrogens is 3. The SMILES string of the molecule is CC(=O)OCOC(=O)O[C@H]1[C@@H](O)[C@](C#N)(c2ccc3c(NC(=O)C(C)C)ncnn23)O[C@@H]1COC(=O)[C@@H](N)C(C)(C)C. The predicted molar refractivity (Wildman–Crippen MR) is 141 cm³/mol. The summed E-state index contributed by atoms with van der Waals surface area (Å²) >= 11 is 0. The molecule has 2 aromatic rings. The standard InChI is InChI=1S/C26H34N6O10/c1-13(2)22(35)31-21-15-7-8-17(32(15)30-11-29-21)26(10-27)20(34)18(41-24(37)40-12-39-14(3)33)16(42-26)9-38-23(36)19(28)25(4,5)6/h7-8,11,13,16,18-20,34H,9,12,28H2,1-6H3,(H,29,30,31,35)/t16-,18-,19-,20-,26+/m1/s1. The third-order valence-corrected chi connectivity index (χ3v) is 6.44. The van der Waals surface area contributed by atoms with E-state index in [-0.39, 0.29) is 28.9 Å². The van der Waals surface area contributed by atoms with Crippen LogP contribution in [0.3, 0.4) is 0 Å². The molecule has 42 heavy (non-hydrogen) atoms.